The van der Waals surface area contributed by atoms with Crippen LogP contribution < -0.4 is 0 Å². The van der Waals surface area contributed by atoms with Crippen LogP contribution in [0.25, 0.3) is 5.57 Å². The second kappa shape index (κ2) is 5.05. The second-order valence-corrected chi connectivity index (χ2v) is 4.22. The van der Waals surface area contributed by atoms with E-state index in [1.165, 1.54) is 12.5 Å². The molecule has 0 saturated carbocycles. The Hall–Kier alpha value is -2.09. The maximum atomic E-state index is 11.0. The van der Waals surface area contributed by atoms with E-state index in [4.69, 9.17) is 4.74 Å². The van der Waals surface area contributed by atoms with Crippen molar-refractivity contribution in [3.05, 3.63) is 66.3 Å². The predicted molar refractivity (Wildman–Crippen MR) is 73.1 cm³/mol. The van der Waals surface area contributed by atoms with Gasteiger partial charge >= 0.3 is 5.97 Å². The Bertz CT molecular complexity index is 538. The third kappa shape index (κ3) is 2.02. The summed E-state index contributed by atoms with van der Waals surface area (Å²) < 4.78 is 5.15. The molecule has 0 radical (unpaired) electrons. The van der Waals surface area contributed by atoms with E-state index in [2.05, 4.69) is 25.3 Å². The van der Waals surface area contributed by atoms with Gasteiger partial charge in [-0.2, -0.15) is 0 Å². The van der Waals surface area contributed by atoms with Crippen molar-refractivity contribution in [1.29, 1.82) is 0 Å². The standard InChI is InChI=1S/C16H16O2/c1-4-12-13(5-2)16(10-18-11(3)17)15-9-7-6-8-14(12)15/h4-9,16H,1-2,10H2,3H3. The molecular weight excluding hydrogens is 224 g/mol. The molecule has 0 saturated heterocycles. The first-order valence-electron chi connectivity index (χ1n) is 5.90. The molecule has 1 aliphatic carbocycles. The zero-order chi connectivity index (χ0) is 13.1. The van der Waals surface area contributed by atoms with Gasteiger partial charge in [0.1, 0.15) is 6.61 Å². The molecule has 0 spiro atoms. The lowest BCUT2D eigenvalue weighted by atomic mass is 9.96. The molecule has 18 heavy (non-hydrogen) atoms. The van der Waals surface area contributed by atoms with Gasteiger partial charge in [-0.1, -0.05) is 49.6 Å². The highest BCUT2D eigenvalue weighted by atomic mass is 16.5. The number of carbonyl (C=O) groups excluding carboxylic acids is 1. The van der Waals surface area contributed by atoms with E-state index in [9.17, 15) is 4.79 Å². The lowest BCUT2D eigenvalue weighted by Gasteiger charge is -2.14. The van der Waals surface area contributed by atoms with Crippen LogP contribution in [0.5, 0.6) is 0 Å². The smallest absolute Gasteiger partial charge is 0.302 e. The Kier molecular flexibility index (Phi) is 3.47. The zero-order valence-corrected chi connectivity index (χ0v) is 10.5. The average molecular weight is 240 g/mol. The Morgan fingerprint density at radius 2 is 2.06 bits per heavy atom. The van der Waals surface area contributed by atoms with Crippen molar-refractivity contribution in [2.75, 3.05) is 6.61 Å². The normalized spacial score (nSPS) is 17.3. The van der Waals surface area contributed by atoms with E-state index in [0.717, 1.165) is 16.7 Å². The lowest BCUT2D eigenvalue weighted by molar-refractivity contribution is -0.141. The molecular formula is C16H16O2. The topological polar surface area (TPSA) is 26.3 Å². The molecule has 2 nitrogen and oxygen atoms in total. The number of carbonyl (C=O) groups is 1. The van der Waals surface area contributed by atoms with Gasteiger partial charge in [0.15, 0.2) is 0 Å². The molecule has 1 atom stereocenters. The number of allylic oxidation sites excluding steroid dienone is 3. The number of hydrogen-bond donors (Lipinski definition) is 0. The van der Waals surface area contributed by atoms with E-state index >= 15 is 0 Å². The maximum Gasteiger partial charge on any atom is 0.302 e. The van der Waals surface area contributed by atoms with Gasteiger partial charge in [-0.3, -0.25) is 4.79 Å². The van der Waals surface area contributed by atoms with Crippen LogP contribution in [0, 0.1) is 0 Å². The third-order valence-corrected chi connectivity index (χ3v) is 3.19. The van der Waals surface area contributed by atoms with E-state index in [-0.39, 0.29) is 11.9 Å². The van der Waals surface area contributed by atoms with Crippen molar-refractivity contribution < 1.29 is 9.53 Å². The van der Waals surface area contributed by atoms with E-state index < -0.39 is 0 Å². The van der Waals surface area contributed by atoms with Gasteiger partial charge in [0.2, 0.25) is 0 Å². The molecule has 0 aliphatic heterocycles. The molecule has 0 aromatic heterocycles. The summed E-state index contributed by atoms with van der Waals surface area (Å²) in [5.41, 5.74) is 4.48. The first-order chi connectivity index (χ1) is 8.69. The molecule has 0 fully saturated rings. The van der Waals surface area contributed by atoms with Crippen molar-refractivity contribution in [3.8, 4) is 0 Å². The summed E-state index contributed by atoms with van der Waals surface area (Å²) in [6.07, 6.45) is 3.66. The number of hydrogen-bond acceptors (Lipinski definition) is 2. The van der Waals surface area contributed by atoms with E-state index in [1.54, 1.807) is 0 Å². The molecule has 1 aromatic rings. The van der Waals surface area contributed by atoms with E-state index in [0.29, 0.717) is 6.61 Å². The lowest BCUT2D eigenvalue weighted by Crippen LogP contribution is -2.10. The zero-order valence-electron chi connectivity index (χ0n) is 10.5. The average Bonchev–Trinajstić information content (AvgIpc) is 2.69. The van der Waals surface area contributed by atoms with Gasteiger partial charge in [-0.05, 0) is 22.3 Å². The van der Waals surface area contributed by atoms with Crippen molar-refractivity contribution in [2.45, 2.75) is 12.8 Å². The van der Waals surface area contributed by atoms with Crippen LogP contribution in [0.15, 0.2) is 55.1 Å². The quantitative estimate of drug-likeness (QED) is 0.753. The van der Waals surface area contributed by atoms with Crippen LogP contribution in [-0.4, -0.2) is 12.6 Å². The number of esters is 1. The van der Waals surface area contributed by atoms with Crippen LogP contribution in [0.4, 0.5) is 0 Å². The van der Waals surface area contributed by atoms with Crippen LogP contribution in [-0.2, 0) is 9.53 Å². The van der Waals surface area contributed by atoms with Crippen LogP contribution in [0.1, 0.15) is 24.0 Å². The Morgan fingerprint density at radius 3 is 2.67 bits per heavy atom. The summed E-state index contributed by atoms with van der Waals surface area (Å²) in [7, 11) is 0. The Morgan fingerprint density at radius 1 is 1.33 bits per heavy atom. The molecule has 2 rings (SSSR count). The van der Waals surface area contributed by atoms with Gasteiger partial charge in [0, 0.05) is 12.8 Å². The number of ether oxygens (including phenoxy) is 1. The van der Waals surface area contributed by atoms with Gasteiger partial charge in [-0.15, -0.1) is 0 Å². The monoisotopic (exact) mass is 240 g/mol. The number of fused-ring (bicyclic) bond motifs is 1. The fourth-order valence-corrected chi connectivity index (χ4v) is 2.42. The molecule has 0 bridgehead atoms. The minimum Gasteiger partial charge on any atom is -0.465 e. The van der Waals surface area contributed by atoms with Gasteiger partial charge < -0.3 is 4.74 Å². The Balaban J connectivity index is 2.44. The number of rotatable bonds is 4. The van der Waals surface area contributed by atoms with Crippen molar-refractivity contribution in [1.82, 2.24) is 0 Å². The number of benzene rings is 1. The highest BCUT2D eigenvalue weighted by Crippen LogP contribution is 2.42. The predicted octanol–water partition coefficient (Wildman–Crippen LogP) is 3.47. The van der Waals surface area contributed by atoms with Crippen LogP contribution in [0.3, 0.4) is 0 Å². The second-order valence-electron chi connectivity index (χ2n) is 4.22. The van der Waals surface area contributed by atoms with Gasteiger partial charge in [0.25, 0.3) is 0 Å². The molecule has 92 valence electrons. The molecule has 1 aromatic carbocycles. The first kappa shape index (κ1) is 12.4. The minimum atomic E-state index is -0.261. The largest absolute Gasteiger partial charge is 0.465 e. The molecule has 1 unspecified atom stereocenters. The SMILES string of the molecule is C=CC1=C(C=C)C(COC(C)=O)c2ccccc21. The minimum absolute atomic E-state index is 0.0654. The first-order valence-corrected chi connectivity index (χ1v) is 5.90. The summed E-state index contributed by atoms with van der Waals surface area (Å²) in [6, 6.07) is 8.11. The van der Waals surface area contributed by atoms with Crippen LogP contribution in [0.2, 0.25) is 0 Å². The van der Waals surface area contributed by atoms with E-state index in [1.807, 2.05) is 24.3 Å². The van der Waals surface area contributed by atoms with Gasteiger partial charge in [0.05, 0.1) is 0 Å². The molecule has 2 heteroatoms. The summed E-state index contributed by atoms with van der Waals surface area (Å²) in [6.45, 7) is 9.49. The summed E-state index contributed by atoms with van der Waals surface area (Å²) in [5.74, 6) is -0.196. The summed E-state index contributed by atoms with van der Waals surface area (Å²) in [4.78, 5) is 11.0. The van der Waals surface area contributed by atoms with Crippen LogP contribution >= 0.6 is 0 Å². The van der Waals surface area contributed by atoms with Gasteiger partial charge in [-0.25, -0.2) is 0 Å². The van der Waals surface area contributed by atoms with Crippen molar-refractivity contribution in [2.24, 2.45) is 0 Å². The summed E-state index contributed by atoms with van der Waals surface area (Å²) in [5, 5.41) is 0. The molecule has 0 heterocycles. The maximum absolute atomic E-state index is 11.0. The fraction of sp³-hybridized carbons (Fsp3) is 0.188. The highest BCUT2D eigenvalue weighted by molar-refractivity contribution is 5.86. The molecule has 0 N–H and O–H groups in total. The highest BCUT2D eigenvalue weighted by Gasteiger charge is 2.28. The molecule has 1 aliphatic rings. The van der Waals surface area contributed by atoms with Crippen molar-refractivity contribution >= 4 is 11.5 Å². The Labute approximate surface area is 107 Å². The molecule has 0 amide bonds. The summed E-state index contributed by atoms with van der Waals surface area (Å²) >= 11 is 0. The third-order valence-electron chi connectivity index (χ3n) is 3.19. The fourth-order valence-electron chi connectivity index (χ4n) is 2.42. The van der Waals surface area contributed by atoms with Crippen molar-refractivity contribution in [3.63, 3.8) is 0 Å².